The molecule has 0 aliphatic carbocycles. The highest BCUT2D eigenvalue weighted by Gasteiger charge is 2.27. The van der Waals surface area contributed by atoms with Crippen LogP contribution >= 0.6 is 11.3 Å². The predicted octanol–water partition coefficient (Wildman–Crippen LogP) is 2.89. The van der Waals surface area contributed by atoms with Crippen LogP contribution in [0.4, 0.5) is 4.39 Å². The first-order chi connectivity index (χ1) is 11.6. The lowest BCUT2D eigenvalue weighted by atomic mass is 10.1. The van der Waals surface area contributed by atoms with E-state index in [0.29, 0.717) is 35.0 Å². The minimum atomic E-state index is -0.460. The van der Waals surface area contributed by atoms with Gasteiger partial charge >= 0.3 is 5.97 Å². The standard InChI is InChI=1S/C17H16FNO4S/c1-22-17(21)15-6-5-14(24-15)16(20)19-7-8-23-13(10-19)11-3-2-4-12(18)9-11/h2-6,9,13H,7-8,10H2,1H3. The zero-order valence-corrected chi connectivity index (χ0v) is 13.8. The lowest BCUT2D eigenvalue weighted by Gasteiger charge is -2.33. The van der Waals surface area contributed by atoms with Crippen LogP contribution in [-0.4, -0.2) is 43.6 Å². The van der Waals surface area contributed by atoms with Gasteiger partial charge in [-0.05, 0) is 29.8 Å². The Labute approximate surface area is 142 Å². The van der Waals surface area contributed by atoms with Crippen molar-refractivity contribution in [3.63, 3.8) is 0 Å². The van der Waals surface area contributed by atoms with Gasteiger partial charge in [-0.1, -0.05) is 12.1 Å². The van der Waals surface area contributed by atoms with Crippen molar-refractivity contribution in [2.75, 3.05) is 26.8 Å². The van der Waals surface area contributed by atoms with Crippen molar-refractivity contribution in [1.29, 1.82) is 0 Å². The van der Waals surface area contributed by atoms with Crippen molar-refractivity contribution in [3.8, 4) is 0 Å². The van der Waals surface area contributed by atoms with Crippen LogP contribution in [-0.2, 0) is 9.47 Å². The van der Waals surface area contributed by atoms with E-state index in [2.05, 4.69) is 4.74 Å². The number of amides is 1. The second kappa shape index (κ2) is 7.11. The van der Waals surface area contributed by atoms with Gasteiger partial charge in [0.05, 0.1) is 25.1 Å². The molecule has 5 nitrogen and oxygen atoms in total. The maximum atomic E-state index is 13.4. The number of thiophene rings is 1. The normalized spacial score (nSPS) is 17.6. The monoisotopic (exact) mass is 349 g/mol. The molecule has 0 N–H and O–H groups in total. The second-order valence-corrected chi connectivity index (χ2v) is 6.40. The molecule has 1 unspecified atom stereocenters. The molecule has 0 saturated carbocycles. The number of nitrogens with zero attached hydrogens (tertiary/aromatic N) is 1. The topological polar surface area (TPSA) is 55.8 Å². The third kappa shape index (κ3) is 3.47. The number of morpholine rings is 1. The summed E-state index contributed by atoms with van der Waals surface area (Å²) in [6.45, 7) is 1.17. The highest BCUT2D eigenvalue weighted by atomic mass is 32.1. The fourth-order valence-electron chi connectivity index (χ4n) is 2.56. The van der Waals surface area contributed by atoms with Gasteiger partial charge in [0.15, 0.2) is 0 Å². The summed E-state index contributed by atoms with van der Waals surface area (Å²) < 4.78 is 23.7. The molecule has 1 aliphatic heterocycles. The van der Waals surface area contributed by atoms with E-state index in [4.69, 9.17) is 4.74 Å². The molecular formula is C17H16FNO4S. The Bertz CT molecular complexity index is 761. The summed E-state index contributed by atoms with van der Waals surface area (Å²) in [6.07, 6.45) is -0.363. The van der Waals surface area contributed by atoms with Crippen LogP contribution in [0.15, 0.2) is 36.4 Å². The van der Waals surface area contributed by atoms with E-state index < -0.39 is 5.97 Å². The Morgan fingerprint density at radius 1 is 1.29 bits per heavy atom. The third-order valence-electron chi connectivity index (χ3n) is 3.78. The largest absolute Gasteiger partial charge is 0.465 e. The van der Waals surface area contributed by atoms with Crippen molar-refractivity contribution in [1.82, 2.24) is 4.90 Å². The fourth-order valence-corrected chi connectivity index (χ4v) is 3.45. The number of carbonyl (C=O) groups excluding carboxylic acids is 2. The summed E-state index contributed by atoms with van der Waals surface area (Å²) in [4.78, 5) is 26.6. The van der Waals surface area contributed by atoms with E-state index >= 15 is 0 Å². The summed E-state index contributed by atoms with van der Waals surface area (Å²) in [5.41, 5.74) is 0.703. The van der Waals surface area contributed by atoms with Crippen molar-refractivity contribution in [3.05, 3.63) is 57.5 Å². The fraction of sp³-hybridized carbons (Fsp3) is 0.294. The van der Waals surface area contributed by atoms with Crippen LogP contribution in [0.5, 0.6) is 0 Å². The van der Waals surface area contributed by atoms with Crippen molar-refractivity contribution in [2.24, 2.45) is 0 Å². The zero-order valence-electron chi connectivity index (χ0n) is 13.0. The summed E-state index contributed by atoms with van der Waals surface area (Å²) in [5, 5.41) is 0. The van der Waals surface area contributed by atoms with Crippen LogP contribution in [0.25, 0.3) is 0 Å². The molecule has 126 valence electrons. The molecular weight excluding hydrogens is 333 g/mol. The number of benzene rings is 1. The molecule has 2 aromatic rings. The third-order valence-corrected chi connectivity index (χ3v) is 4.83. The average Bonchev–Trinajstić information content (AvgIpc) is 3.10. The van der Waals surface area contributed by atoms with Gasteiger partial charge < -0.3 is 14.4 Å². The minimum Gasteiger partial charge on any atom is -0.465 e. The number of esters is 1. The van der Waals surface area contributed by atoms with Gasteiger partial charge in [0, 0.05) is 6.54 Å². The molecule has 1 atom stereocenters. The van der Waals surface area contributed by atoms with E-state index in [1.807, 2.05) is 0 Å². The molecule has 1 aromatic carbocycles. The maximum absolute atomic E-state index is 13.4. The number of hydrogen-bond donors (Lipinski definition) is 0. The summed E-state index contributed by atoms with van der Waals surface area (Å²) in [5.74, 6) is -0.959. The number of carbonyl (C=O) groups is 2. The van der Waals surface area contributed by atoms with Gasteiger partial charge in [-0.25, -0.2) is 9.18 Å². The molecule has 7 heteroatoms. The smallest absolute Gasteiger partial charge is 0.348 e. The lowest BCUT2D eigenvalue weighted by Crippen LogP contribution is -2.42. The zero-order chi connectivity index (χ0) is 17.1. The first-order valence-corrected chi connectivity index (χ1v) is 8.24. The van der Waals surface area contributed by atoms with Crippen molar-refractivity contribution < 1.29 is 23.5 Å². The van der Waals surface area contributed by atoms with Crippen molar-refractivity contribution in [2.45, 2.75) is 6.10 Å². The summed E-state index contributed by atoms with van der Waals surface area (Å²) in [6, 6.07) is 9.38. The Kier molecular flexibility index (Phi) is 4.92. The quantitative estimate of drug-likeness (QED) is 0.800. The molecule has 0 bridgehead atoms. The first kappa shape index (κ1) is 16.6. The summed E-state index contributed by atoms with van der Waals surface area (Å²) >= 11 is 1.10. The molecule has 0 spiro atoms. The Morgan fingerprint density at radius 3 is 2.83 bits per heavy atom. The SMILES string of the molecule is COC(=O)c1ccc(C(=O)N2CCOC(c3cccc(F)c3)C2)s1. The molecule has 1 fully saturated rings. The van der Waals surface area contributed by atoms with E-state index in [1.165, 1.54) is 19.2 Å². The minimum absolute atomic E-state index is 0.167. The van der Waals surface area contributed by atoms with Crippen LogP contribution in [0.1, 0.15) is 31.0 Å². The number of hydrogen-bond acceptors (Lipinski definition) is 5. The lowest BCUT2D eigenvalue weighted by molar-refractivity contribution is -0.0227. The molecule has 1 aliphatic rings. The molecule has 0 radical (unpaired) electrons. The first-order valence-electron chi connectivity index (χ1n) is 7.43. The Hall–Kier alpha value is -2.25. The van der Waals surface area contributed by atoms with E-state index in [9.17, 15) is 14.0 Å². The molecule has 1 saturated heterocycles. The molecule has 3 rings (SSSR count). The molecule has 1 aromatic heterocycles. The van der Waals surface area contributed by atoms with Gasteiger partial charge in [0.25, 0.3) is 5.91 Å². The van der Waals surface area contributed by atoms with Gasteiger partial charge in [-0.3, -0.25) is 4.79 Å². The number of rotatable bonds is 3. The van der Waals surface area contributed by atoms with E-state index in [0.717, 1.165) is 11.3 Å². The highest BCUT2D eigenvalue weighted by Crippen LogP contribution is 2.26. The van der Waals surface area contributed by atoms with Gasteiger partial charge in [0.2, 0.25) is 0 Å². The van der Waals surface area contributed by atoms with Gasteiger partial charge in [-0.15, -0.1) is 11.3 Å². The predicted molar refractivity (Wildman–Crippen MR) is 86.7 cm³/mol. The number of methoxy groups -OCH3 is 1. The number of ether oxygens (including phenoxy) is 2. The summed E-state index contributed by atoms with van der Waals surface area (Å²) in [7, 11) is 1.30. The van der Waals surface area contributed by atoms with Crippen LogP contribution in [0.2, 0.25) is 0 Å². The van der Waals surface area contributed by atoms with Crippen LogP contribution < -0.4 is 0 Å². The van der Waals surface area contributed by atoms with E-state index in [-0.39, 0.29) is 17.8 Å². The second-order valence-electron chi connectivity index (χ2n) is 5.32. The Balaban J connectivity index is 1.73. The van der Waals surface area contributed by atoms with Crippen LogP contribution in [0.3, 0.4) is 0 Å². The Morgan fingerprint density at radius 2 is 2.08 bits per heavy atom. The molecule has 1 amide bonds. The molecule has 2 heterocycles. The van der Waals surface area contributed by atoms with Crippen molar-refractivity contribution >= 4 is 23.2 Å². The highest BCUT2D eigenvalue weighted by molar-refractivity contribution is 7.15. The van der Waals surface area contributed by atoms with Gasteiger partial charge in [-0.2, -0.15) is 0 Å². The van der Waals surface area contributed by atoms with E-state index in [1.54, 1.807) is 29.2 Å². The average molecular weight is 349 g/mol. The van der Waals surface area contributed by atoms with Gasteiger partial charge in [0.1, 0.15) is 16.8 Å². The van der Waals surface area contributed by atoms with Crippen LogP contribution in [0, 0.1) is 5.82 Å². The maximum Gasteiger partial charge on any atom is 0.348 e. The molecule has 24 heavy (non-hydrogen) atoms. The number of halogens is 1.